The highest BCUT2D eigenvalue weighted by molar-refractivity contribution is 5.92. The highest BCUT2D eigenvalue weighted by atomic mass is 16.5. The molecule has 0 fully saturated rings. The van der Waals surface area contributed by atoms with Gasteiger partial charge in [-0.2, -0.15) is 0 Å². The summed E-state index contributed by atoms with van der Waals surface area (Å²) < 4.78 is 5.63. The van der Waals surface area contributed by atoms with Crippen LogP contribution in [0.5, 0.6) is 5.75 Å². The standard InChI is InChI=1S/C21H25NO4/c1-14(2)13-26-19-10-4-16(5-11-19)12-20(23)22-18-8-6-17(7-9-18)15(3)21(24)25/h4-11,14-15H,12-13H2,1-3H3,(H,22,23)(H,24,25). The summed E-state index contributed by atoms with van der Waals surface area (Å²) in [6.07, 6.45) is 0.262. The first-order chi connectivity index (χ1) is 12.3. The fraction of sp³-hybridized carbons (Fsp3) is 0.333. The van der Waals surface area contributed by atoms with Gasteiger partial charge in [0.25, 0.3) is 0 Å². The highest BCUT2D eigenvalue weighted by Gasteiger charge is 2.13. The number of nitrogens with one attached hydrogen (secondary N) is 1. The van der Waals surface area contributed by atoms with Gasteiger partial charge in [0.2, 0.25) is 5.91 Å². The third kappa shape index (κ3) is 5.92. The number of carboxylic acids is 1. The molecule has 0 heterocycles. The fourth-order valence-corrected chi connectivity index (χ4v) is 2.35. The molecule has 0 saturated carbocycles. The van der Waals surface area contributed by atoms with Crippen molar-refractivity contribution in [2.75, 3.05) is 11.9 Å². The molecule has 0 radical (unpaired) electrons. The van der Waals surface area contributed by atoms with Gasteiger partial charge in [-0.25, -0.2) is 0 Å². The van der Waals surface area contributed by atoms with Crippen molar-refractivity contribution in [2.45, 2.75) is 33.1 Å². The first-order valence-corrected chi connectivity index (χ1v) is 8.69. The Labute approximate surface area is 154 Å². The molecule has 2 rings (SSSR count). The van der Waals surface area contributed by atoms with Crippen molar-refractivity contribution in [3.8, 4) is 5.75 Å². The topological polar surface area (TPSA) is 75.6 Å². The number of benzene rings is 2. The van der Waals surface area contributed by atoms with E-state index in [1.165, 1.54) is 0 Å². The number of carbonyl (C=O) groups is 2. The van der Waals surface area contributed by atoms with Crippen LogP contribution in [0.3, 0.4) is 0 Å². The van der Waals surface area contributed by atoms with Crippen molar-refractivity contribution in [1.29, 1.82) is 0 Å². The van der Waals surface area contributed by atoms with Gasteiger partial charge < -0.3 is 15.2 Å². The zero-order valence-corrected chi connectivity index (χ0v) is 15.4. The lowest BCUT2D eigenvalue weighted by Crippen LogP contribution is -2.14. The lowest BCUT2D eigenvalue weighted by Gasteiger charge is -2.10. The van der Waals surface area contributed by atoms with Gasteiger partial charge in [-0.05, 0) is 48.2 Å². The van der Waals surface area contributed by atoms with Crippen LogP contribution in [0.15, 0.2) is 48.5 Å². The second-order valence-corrected chi connectivity index (χ2v) is 6.76. The molecule has 2 aromatic rings. The summed E-state index contributed by atoms with van der Waals surface area (Å²) in [6.45, 7) is 6.47. The van der Waals surface area contributed by atoms with E-state index >= 15 is 0 Å². The lowest BCUT2D eigenvalue weighted by atomic mass is 10.0. The van der Waals surface area contributed by atoms with Crippen LogP contribution in [-0.4, -0.2) is 23.6 Å². The second kappa shape index (κ2) is 9.04. The molecule has 0 bridgehead atoms. The third-order valence-electron chi connectivity index (χ3n) is 3.94. The van der Waals surface area contributed by atoms with Gasteiger partial charge in [0, 0.05) is 5.69 Å². The predicted molar refractivity (Wildman–Crippen MR) is 102 cm³/mol. The van der Waals surface area contributed by atoms with Crippen LogP contribution in [-0.2, 0) is 16.0 Å². The van der Waals surface area contributed by atoms with Crippen LogP contribution < -0.4 is 10.1 Å². The van der Waals surface area contributed by atoms with E-state index in [1.54, 1.807) is 31.2 Å². The van der Waals surface area contributed by atoms with Crippen LogP contribution in [0.4, 0.5) is 5.69 Å². The minimum Gasteiger partial charge on any atom is -0.493 e. The van der Waals surface area contributed by atoms with Crippen LogP contribution in [0.2, 0.25) is 0 Å². The van der Waals surface area contributed by atoms with Crippen molar-refractivity contribution in [3.63, 3.8) is 0 Å². The predicted octanol–water partition coefficient (Wildman–Crippen LogP) is 4.09. The Balaban J connectivity index is 1.89. The van der Waals surface area contributed by atoms with Crippen LogP contribution in [0.25, 0.3) is 0 Å². The molecule has 2 aromatic carbocycles. The van der Waals surface area contributed by atoms with E-state index in [9.17, 15) is 9.59 Å². The SMILES string of the molecule is CC(C)COc1ccc(CC(=O)Nc2ccc(C(C)C(=O)O)cc2)cc1. The molecule has 2 N–H and O–H groups in total. The maximum atomic E-state index is 12.2. The molecule has 0 aliphatic carbocycles. The molecule has 1 amide bonds. The number of aliphatic carboxylic acids is 1. The minimum atomic E-state index is -0.873. The Morgan fingerprint density at radius 3 is 2.15 bits per heavy atom. The first kappa shape index (κ1) is 19.5. The largest absolute Gasteiger partial charge is 0.493 e. The third-order valence-corrected chi connectivity index (χ3v) is 3.94. The van der Waals surface area contributed by atoms with Gasteiger partial charge in [-0.15, -0.1) is 0 Å². The second-order valence-electron chi connectivity index (χ2n) is 6.76. The average molecular weight is 355 g/mol. The highest BCUT2D eigenvalue weighted by Crippen LogP contribution is 2.19. The van der Waals surface area contributed by atoms with Crippen molar-refractivity contribution < 1.29 is 19.4 Å². The Morgan fingerprint density at radius 2 is 1.62 bits per heavy atom. The maximum absolute atomic E-state index is 12.2. The van der Waals surface area contributed by atoms with Crippen molar-refractivity contribution >= 4 is 17.6 Å². The quantitative estimate of drug-likeness (QED) is 0.748. The van der Waals surface area contributed by atoms with E-state index in [0.717, 1.165) is 11.3 Å². The van der Waals surface area contributed by atoms with Gasteiger partial charge in [0.05, 0.1) is 18.9 Å². The number of hydrogen-bond donors (Lipinski definition) is 2. The molecule has 0 aromatic heterocycles. The molecular formula is C21H25NO4. The molecule has 0 spiro atoms. The van der Waals surface area contributed by atoms with Crippen molar-refractivity contribution in [1.82, 2.24) is 0 Å². The molecule has 26 heavy (non-hydrogen) atoms. The van der Waals surface area contributed by atoms with Gasteiger partial charge in [-0.3, -0.25) is 9.59 Å². The van der Waals surface area contributed by atoms with Gasteiger partial charge in [0.15, 0.2) is 0 Å². The molecule has 0 saturated heterocycles. The van der Waals surface area contributed by atoms with Crippen LogP contribution in [0, 0.1) is 5.92 Å². The van der Waals surface area contributed by atoms with Gasteiger partial charge >= 0.3 is 5.97 Å². The minimum absolute atomic E-state index is 0.125. The zero-order chi connectivity index (χ0) is 19.1. The lowest BCUT2D eigenvalue weighted by molar-refractivity contribution is -0.138. The van der Waals surface area contributed by atoms with Crippen LogP contribution in [0.1, 0.15) is 37.8 Å². The van der Waals surface area contributed by atoms with Gasteiger partial charge in [0.1, 0.15) is 5.75 Å². The number of rotatable bonds is 8. The molecule has 138 valence electrons. The summed E-state index contributed by atoms with van der Waals surface area (Å²) in [5, 5.41) is 11.8. The summed E-state index contributed by atoms with van der Waals surface area (Å²) in [4.78, 5) is 23.2. The summed E-state index contributed by atoms with van der Waals surface area (Å²) >= 11 is 0. The van der Waals surface area contributed by atoms with E-state index in [4.69, 9.17) is 9.84 Å². The molecule has 0 aliphatic heterocycles. The number of amides is 1. The Kier molecular flexibility index (Phi) is 6.78. The zero-order valence-electron chi connectivity index (χ0n) is 15.4. The van der Waals surface area contributed by atoms with E-state index in [1.807, 2.05) is 24.3 Å². The first-order valence-electron chi connectivity index (χ1n) is 8.69. The molecule has 1 atom stereocenters. The van der Waals surface area contributed by atoms with E-state index in [0.29, 0.717) is 23.8 Å². The monoisotopic (exact) mass is 355 g/mol. The van der Waals surface area contributed by atoms with E-state index < -0.39 is 11.9 Å². The van der Waals surface area contributed by atoms with Crippen molar-refractivity contribution in [3.05, 3.63) is 59.7 Å². The number of carboxylic acid groups (broad SMARTS) is 1. The molecule has 5 nitrogen and oxygen atoms in total. The van der Waals surface area contributed by atoms with Gasteiger partial charge in [-0.1, -0.05) is 38.1 Å². The molecule has 0 aliphatic rings. The smallest absolute Gasteiger partial charge is 0.310 e. The Hall–Kier alpha value is -2.82. The number of hydrogen-bond acceptors (Lipinski definition) is 3. The van der Waals surface area contributed by atoms with Crippen molar-refractivity contribution in [2.24, 2.45) is 5.92 Å². The number of carbonyl (C=O) groups excluding carboxylic acids is 1. The summed E-state index contributed by atoms with van der Waals surface area (Å²) in [7, 11) is 0. The van der Waals surface area contributed by atoms with E-state index in [-0.39, 0.29) is 12.3 Å². The number of ether oxygens (including phenoxy) is 1. The molecule has 5 heteroatoms. The average Bonchev–Trinajstić information content (AvgIpc) is 2.61. The Bertz CT molecular complexity index is 736. The Morgan fingerprint density at radius 1 is 1.00 bits per heavy atom. The summed E-state index contributed by atoms with van der Waals surface area (Å²) in [5.74, 6) is -0.310. The summed E-state index contributed by atoms with van der Waals surface area (Å²) in [5.41, 5.74) is 2.25. The molecular weight excluding hydrogens is 330 g/mol. The maximum Gasteiger partial charge on any atom is 0.310 e. The number of anilines is 1. The fourth-order valence-electron chi connectivity index (χ4n) is 2.35. The van der Waals surface area contributed by atoms with Crippen LogP contribution >= 0.6 is 0 Å². The molecule has 1 unspecified atom stereocenters. The normalized spacial score (nSPS) is 11.8. The van der Waals surface area contributed by atoms with E-state index in [2.05, 4.69) is 19.2 Å². The summed E-state index contributed by atoms with van der Waals surface area (Å²) in [6, 6.07) is 14.4.